The molecule has 162 valence electrons. The van der Waals surface area contributed by atoms with Crippen molar-refractivity contribution in [2.45, 2.75) is 43.0 Å². The van der Waals surface area contributed by atoms with Gasteiger partial charge >= 0.3 is 5.97 Å². The first-order valence-electron chi connectivity index (χ1n) is 10.5. The predicted octanol–water partition coefficient (Wildman–Crippen LogP) is 2.43. The van der Waals surface area contributed by atoms with E-state index in [2.05, 4.69) is 33.7 Å². The van der Waals surface area contributed by atoms with Crippen molar-refractivity contribution < 1.29 is 14.3 Å². The van der Waals surface area contributed by atoms with Gasteiger partial charge in [0.2, 0.25) is 5.91 Å². The average molecular weight is 441 g/mol. The highest BCUT2D eigenvalue weighted by atomic mass is 32.2. The van der Waals surface area contributed by atoms with Crippen molar-refractivity contribution in [1.82, 2.24) is 19.7 Å². The van der Waals surface area contributed by atoms with E-state index in [1.165, 1.54) is 11.3 Å². The Bertz CT molecular complexity index is 676. The fourth-order valence-electron chi connectivity index (χ4n) is 3.65. The summed E-state index contributed by atoms with van der Waals surface area (Å²) in [4.78, 5) is 35.6. The van der Waals surface area contributed by atoms with Crippen molar-refractivity contribution in [3.63, 3.8) is 0 Å². The second-order valence-electron chi connectivity index (χ2n) is 7.72. The van der Waals surface area contributed by atoms with Crippen molar-refractivity contribution in [2.75, 3.05) is 58.7 Å². The number of rotatable bonds is 10. The Labute approximate surface area is 181 Å². The van der Waals surface area contributed by atoms with Crippen LogP contribution in [0.4, 0.5) is 0 Å². The Kier molecular flexibility index (Phi) is 8.77. The van der Waals surface area contributed by atoms with E-state index in [1.54, 1.807) is 17.1 Å². The predicted molar refractivity (Wildman–Crippen MR) is 117 cm³/mol. The molecule has 3 heterocycles. The third-order valence-electron chi connectivity index (χ3n) is 5.50. The Balaban J connectivity index is 1.42. The van der Waals surface area contributed by atoms with Gasteiger partial charge in [0.1, 0.15) is 0 Å². The fourth-order valence-corrected chi connectivity index (χ4v) is 5.45. The van der Waals surface area contributed by atoms with Crippen LogP contribution in [0.3, 0.4) is 0 Å². The van der Waals surface area contributed by atoms with Crippen LogP contribution in [-0.4, -0.2) is 96.3 Å². The molecule has 2 aliphatic heterocycles. The lowest BCUT2D eigenvalue weighted by Gasteiger charge is -2.36. The lowest BCUT2D eigenvalue weighted by Crippen LogP contribution is -2.49. The van der Waals surface area contributed by atoms with Gasteiger partial charge in [0, 0.05) is 62.9 Å². The van der Waals surface area contributed by atoms with Gasteiger partial charge in [-0.1, -0.05) is 25.1 Å². The van der Waals surface area contributed by atoms with E-state index in [4.69, 9.17) is 4.74 Å². The maximum Gasteiger partial charge on any atom is 0.357 e. The van der Waals surface area contributed by atoms with E-state index in [0.717, 1.165) is 68.6 Å². The van der Waals surface area contributed by atoms with Crippen molar-refractivity contribution in [3.05, 3.63) is 11.1 Å². The molecule has 1 unspecified atom stereocenters. The van der Waals surface area contributed by atoms with Crippen LogP contribution in [0.2, 0.25) is 0 Å². The molecular formula is C20H32N4O3S2. The quantitative estimate of drug-likeness (QED) is 0.314. The number of likely N-dealkylation sites (tertiary alicyclic amines) is 1. The van der Waals surface area contributed by atoms with Crippen molar-refractivity contribution in [1.29, 1.82) is 0 Å². The lowest BCUT2D eigenvalue weighted by atomic mass is 10.2. The zero-order valence-electron chi connectivity index (χ0n) is 17.5. The van der Waals surface area contributed by atoms with Crippen molar-refractivity contribution in [2.24, 2.45) is 0 Å². The average Bonchev–Trinajstić information content (AvgIpc) is 3.32. The van der Waals surface area contributed by atoms with E-state index >= 15 is 0 Å². The zero-order valence-corrected chi connectivity index (χ0v) is 19.1. The van der Waals surface area contributed by atoms with Gasteiger partial charge in [-0.15, -0.1) is 11.3 Å². The Morgan fingerprint density at radius 3 is 2.90 bits per heavy atom. The third kappa shape index (κ3) is 6.67. The number of piperazine rings is 1. The molecule has 2 aliphatic rings. The van der Waals surface area contributed by atoms with E-state index in [1.807, 2.05) is 0 Å². The van der Waals surface area contributed by atoms with Crippen LogP contribution in [0.15, 0.2) is 9.72 Å². The molecule has 7 nitrogen and oxygen atoms in total. The minimum absolute atomic E-state index is 0.268. The monoisotopic (exact) mass is 440 g/mol. The number of carbonyl (C=O) groups excluding carboxylic acids is 2. The highest BCUT2D eigenvalue weighted by Gasteiger charge is 2.32. The number of hydrogen-bond donors (Lipinski definition) is 0. The summed E-state index contributed by atoms with van der Waals surface area (Å²) in [6.45, 7) is 8.59. The molecule has 1 aromatic rings. The molecule has 0 aromatic carbocycles. The van der Waals surface area contributed by atoms with Gasteiger partial charge in [-0.2, -0.15) is 0 Å². The number of hydrogen-bond acceptors (Lipinski definition) is 8. The number of thiazole rings is 1. The van der Waals surface area contributed by atoms with Crippen molar-refractivity contribution >= 4 is 35.0 Å². The van der Waals surface area contributed by atoms with E-state index < -0.39 is 0 Å². The summed E-state index contributed by atoms with van der Waals surface area (Å²) in [6, 6.07) is 0.326. The summed E-state index contributed by atoms with van der Waals surface area (Å²) in [5.41, 5.74) is 0.388. The number of aromatic nitrogens is 1. The first-order chi connectivity index (χ1) is 14.1. The number of likely N-dealkylation sites (N-methyl/N-ethyl adjacent to an activating group) is 1. The number of unbranched alkanes of at least 4 members (excludes halogenated alkanes) is 1. The molecule has 2 fully saturated rings. The fraction of sp³-hybridized carbons (Fsp3) is 0.750. The Morgan fingerprint density at radius 1 is 1.34 bits per heavy atom. The normalized spacial score (nSPS) is 21.1. The molecule has 0 spiro atoms. The molecule has 1 atom stereocenters. The zero-order chi connectivity index (χ0) is 20.6. The van der Waals surface area contributed by atoms with Crippen LogP contribution in [0.1, 0.15) is 43.1 Å². The van der Waals surface area contributed by atoms with E-state index in [-0.39, 0.29) is 11.9 Å². The van der Waals surface area contributed by atoms with Crippen molar-refractivity contribution in [3.8, 4) is 0 Å². The molecule has 0 N–H and O–H groups in total. The Hall–Kier alpha value is -1.16. The molecule has 1 amide bonds. The summed E-state index contributed by atoms with van der Waals surface area (Å²) in [5.74, 6) is 0.718. The van der Waals surface area contributed by atoms with Gasteiger partial charge in [0.05, 0.1) is 6.61 Å². The van der Waals surface area contributed by atoms with Gasteiger partial charge in [0.25, 0.3) is 0 Å². The van der Waals surface area contributed by atoms with Crippen LogP contribution >= 0.6 is 23.1 Å². The molecule has 9 heteroatoms. The maximum atomic E-state index is 12.4. The SMILES string of the molecule is CCCCOC(=O)c1csc(SCCN2C(=O)CCC2CN2CCN(C)CC2)n1. The topological polar surface area (TPSA) is 66.0 Å². The first-order valence-corrected chi connectivity index (χ1v) is 12.4. The number of nitrogens with zero attached hydrogens (tertiary/aromatic N) is 4. The number of carbonyl (C=O) groups is 2. The molecule has 2 saturated heterocycles. The van der Waals surface area contributed by atoms with Gasteiger partial charge in [-0.25, -0.2) is 9.78 Å². The van der Waals surface area contributed by atoms with Crippen LogP contribution in [-0.2, 0) is 9.53 Å². The number of ether oxygens (including phenoxy) is 1. The van der Waals surface area contributed by atoms with Gasteiger partial charge in [0.15, 0.2) is 10.0 Å². The summed E-state index contributed by atoms with van der Waals surface area (Å²) in [6.07, 6.45) is 3.49. The van der Waals surface area contributed by atoms with Gasteiger partial charge in [-0.05, 0) is 19.9 Å². The minimum atomic E-state index is -0.344. The second-order valence-corrected chi connectivity index (χ2v) is 9.92. The largest absolute Gasteiger partial charge is 0.461 e. The van der Waals surface area contributed by atoms with E-state index in [0.29, 0.717) is 24.8 Å². The standard InChI is InChI=1S/C20H32N4O3S2/c1-3-4-12-27-19(26)17-15-29-20(21-17)28-13-11-24-16(5-6-18(24)25)14-23-9-7-22(2)8-10-23/h15-16H,3-14H2,1-2H3. The van der Waals surface area contributed by atoms with Crippen LogP contribution in [0.25, 0.3) is 0 Å². The molecule has 0 bridgehead atoms. The minimum Gasteiger partial charge on any atom is -0.461 e. The summed E-state index contributed by atoms with van der Waals surface area (Å²) >= 11 is 3.07. The van der Waals surface area contributed by atoms with E-state index in [9.17, 15) is 9.59 Å². The lowest BCUT2D eigenvalue weighted by molar-refractivity contribution is -0.128. The maximum absolute atomic E-state index is 12.4. The highest BCUT2D eigenvalue weighted by Crippen LogP contribution is 2.25. The smallest absolute Gasteiger partial charge is 0.357 e. The molecule has 29 heavy (non-hydrogen) atoms. The van der Waals surface area contributed by atoms with Crippen LogP contribution in [0.5, 0.6) is 0 Å². The van der Waals surface area contributed by atoms with Gasteiger partial charge in [-0.3, -0.25) is 9.69 Å². The summed E-state index contributed by atoms with van der Waals surface area (Å²) in [5, 5.41) is 1.76. The number of amides is 1. The second kappa shape index (κ2) is 11.3. The highest BCUT2D eigenvalue weighted by molar-refractivity contribution is 8.01. The number of thioether (sulfide) groups is 1. The first kappa shape index (κ1) is 22.5. The summed E-state index contributed by atoms with van der Waals surface area (Å²) < 4.78 is 6.07. The summed E-state index contributed by atoms with van der Waals surface area (Å²) in [7, 11) is 2.16. The third-order valence-corrected chi connectivity index (χ3v) is 7.50. The Morgan fingerprint density at radius 2 is 2.14 bits per heavy atom. The number of esters is 1. The molecule has 3 rings (SSSR count). The molecule has 1 aromatic heterocycles. The molecule has 0 aliphatic carbocycles. The molecule has 0 radical (unpaired) electrons. The molecular weight excluding hydrogens is 408 g/mol. The van der Waals surface area contributed by atoms with Crippen LogP contribution < -0.4 is 0 Å². The van der Waals surface area contributed by atoms with Gasteiger partial charge < -0.3 is 14.5 Å². The molecule has 0 saturated carbocycles. The van der Waals surface area contributed by atoms with Crippen LogP contribution in [0, 0.1) is 0 Å².